The summed E-state index contributed by atoms with van der Waals surface area (Å²) in [4.78, 5) is 0. The molecule has 1 heteroatoms. The maximum atomic E-state index is 14.9. The predicted molar refractivity (Wildman–Crippen MR) is 124 cm³/mol. The van der Waals surface area contributed by atoms with Crippen LogP contribution in [0.25, 0.3) is 11.1 Å². The summed E-state index contributed by atoms with van der Waals surface area (Å²) in [6, 6.07) is 14.3. The van der Waals surface area contributed by atoms with Crippen LogP contribution in [0.4, 0.5) is 4.39 Å². The summed E-state index contributed by atoms with van der Waals surface area (Å²) in [5, 5.41) is 0. The fourth-order valence-corrected chi connectivity index (χ4v) is 4.75. The summed E-state index contributed by atoms with van der Waals surface area (Å²) in [6.45, 7) is 4.32. The van der Waals surface area contributed by atoms with Crippen molar-refractivity contribution in [1.29, 1.82) is 0 Å². The number of benzene rings is 2. The van der Waals surface area contributed by atoms with Gasteiger partial charge in [-0.05, 0) is 80.0 Å². The number of hydrogen-bond acceptors (Lipinski definition) is 0. The molecule has 1 aliphatic carbocycles. The Morgan fingerprint density at radius 3 is 2.38 bits per heavy atom. The molecule has 156 valence electrons. The average molecular weight is 393 g/mol. The Labute approximate surface area is 177 Å². The van der Waals surface area contributed by atoms with Gasteiger partial charge < -0.3 is 0 Å². The molecule has 1 aliphatic rings. The molecule has 0 aromatic heterocycles. The molecule has 1 fully saturated rings. The maximum Gasteiger partial charge on any atom is 0.131 e. The lowest BCUT2D eigenvalue weighted by Crippen LogP contribution is -2.13. The van der Waals surface area contributed by atoms with Crippen LogP contribution >= 0.6 is 0 Å². The third-order valence-corrected chi connectivity index (χ3v) is 6.63. The average Bonchev–Trinajstić information content (AvgIpc) is 2.75. The molecule has 0 N–H and O–H groups in total. The predicted octanol–water partition coefficient (Wildman–Crippen LogP) is 8.86. The van der Waals surface area contributed by atoms with E-state index >= 15 is 0 Å². The first kappa shape index (κ1) is 21.8. The lowest BCUT2D eigenvalue weighted by molar-refractivity contribution is 0.302. The highest BCUT2D eigenvalue weighted by molar-refractivity contribution is 5.65. The maximum absolute atomic E-state index is 14.9. The molecule has 0 aliphatic heterocycles. The van der Waals surface area contributed by atoms with E-state index in [1.165, 1.54) is 62.5 Å². The quantitative estimate of drug-likeness (QED) is 0.295. The van der Waals surface area contributed by atoms with E-state index < -0.39 is 0 Å². The fourth-order valence-electron chi connectivity index (χ4n) is 4.75. The highest BCUT2D eigenvalue weighted by Crippen LogP contribution is 2.38. The zero-order valence-corrected chi connectivity index (χ0v) is 18.3. The Morgan fingerprint density at radius 2 is 1.72 bits per heavy atom. The molecule has 2 aromatic rings. The van der Waals surface area contributed by atoms with Gasteiger partial charge in [0.1, 0.15) is 5.82 Å². The van der Waals surface area contributed by atoms with E-state index in [0.717, 1.165) is 29.9 Å². The van der Waals surface area contributed by atoms with Crippen molar-refractivity contribution in [2.45, 2.75) is 84.0 Å². The smallest absolute Gasteiger partial charge is 0.131 e. The van der Waals surface area contributed by atoms with Crippen molar-refractivity contribution in [2.75, 3.05) is 0 Å². The number of hydrogen-bond donors (Lipinski definition) is 0. The monoisotopic (exact) mass is 392 g/mol. The Morgan fingerprint density at radius 1 is 0.966 bits per heavy atom. The van der Waals surface area contributed by atoms with Gasteiger partial charge in [-0.15, -0.1) is 0 Å². The number of unbranched alkanes of at least 4 members (excludes halogenated alkanes) is 2. The molecule has 0 nitrogen and oxygen atoms in total. The fraction of sp³-hybridized carbons (Fsp3) is 0.500. The van der Waals surface area contributed by atoms with E-state index in [1.807, 2.05) is 6.07 Å². The molecule has 0 heterocycles. The number of halogens is 1. The Hall–Kier alpha value is -1.89. The lowest BCUT2D eigenvalue weighted by Gasteiger charge is -2.29. The minimum Gasteiger partial charge on any atom is -0.206 e. The first-order valence-corrected chi connectivity index (χ1v) is 11.7. The second-order valence-electron chi connectivity index (χ2n) is 8.76. The van der Waals surface area contributed by atoms with Crippen molar-refractivity contribution in [2.24, 2.45) is 5.92 Å². The molecule has 0 saturated heterocycles. The summed E-state index contributed by atoms with van der Waals surface area (Å²) in [7, 11) is 0. The lowest BCUT2D eigenvalue weighted by atomic mass is 9.77. The number of rotatable bonds is 9. The van der Waals surface area contributed by atoms with Crippen LogP contribution in [0.5, 0.6) is 0 Å². The molecular weight excluding hydrogens is 355 g/mol. The molecule has 0 unspecified atom stereocenters. The van der Waals surface area contributed by atoms with Crippen LogP contribution in [0.15, 0.2) is 54.6 Å². The van der Waals surface area contributed by atoms with Crippen molar-refractivity contribution < 1.29 is 4.39 Å². The van der Waals surface area contributed by atoms with Crippen LogP contribution in [0.3, 0.4) is 0 Å². The zero-order chi connectivity index (χ0) is 20.5. The van der Waals surface area contributed by atoms with Gasteiger partial charge in [-0.1, -0.05) is 81.2 Å². The first-order valence-electron chi connectivity index (χ1n) is 11.7. The number of aryl methyl sites for hydroxylation is 1. The first-order chi connectivity index (χ1) is 14.2. The van der Waals surface area contributed by atoms with Crippen LogP contribution in [0, 0.1) is 11.7 Å². The molecule has 0 spiro atoms. The SMILES string of the molecule is C/C=C/CCc1ccc(-c2ccc(C3CCC(CCCCC)CC3)cc2F)cc1. The van der Waals surface area contributed by atoms with Gasteiger partial charge in [-0.2, -0.15) is 0 Å². The minimum absolute atomic E-state index is 0.0748. The van der Waals surface area contributed by atoms with Gasteiger partial charge in [0.15, 0.2) is 0 Å². The molecule has 0 amide bonds. The molecule has 3 rings (SSSR count). The molecule has 1 saturated carbocycles. The molecule has 2 aromatic carbocycles. The molecule has 0 atom stereocenters. The highest BCUT2D eigenvalue weighted by Gasteiger charge is 2.22. The van der Waals surface area contributed by atoms with E-state index in [0.29, 0.717) is 5.92 Å². The second-order valence-corrected chi connectivity index (χ2v) is 8.76. The summed E-state index contributed by atoms with van der Waals surface area (Å²) >= 11 is 0. The van der Waals surface area contributed by atoms with Gasteiger partial charge in [0.2, 0.25) is 0 Å². The second kappa shape index (κ2) is 11.3. The number of allylic oxidation sites excluding steroid dienone is 2. The zero-order valence-electron chi connectivity index (χ0n) is 18.3. The van der Waals surface area contributed by atoms with Crippen molar-refractivity contribution in [3.63, 3.8) is 0 Å². The van der Waals surface area contributed by atoms with Gasteiger partial charge in [0.25, 0.3) is 0 Å². The van der Waals surface area contributed by atoms with Crippen LogP contribution in [-0.2, 0) is 6.42 Å². The van der Waals surface area contributed by atoms with Crippen LogP contribution in [-0.4, -0.2) is 0 Å². The Balaban J connectivity index is 1.59. The van der Waals surface area contributed by atoms with E-state index in [2.05, 4.69) is 56.3 Å². The van der Waals surface area contributed by atoms with Gasteiger partial charge >= 0.3 is 0 Å². The Kier molecular flexibility index (Phi) is 8.52. The standard InChI is InChI=1S/C28H37F/c1-3-5-7-9-22-11-15-24(16-12-22)26-19-20-27(28(29)21-26)25-17-13-23(14-18-25)10-8-6-4-2/h4,6,13-14,17-22,24H,3,5,7-12,15-16H2,1-2H3/b6-4+. The Bertz CT molecular complexity index is 763. The van der Waals surface area contributed by atoms with Gasteiger partial charge in [0.05, 0.1) is 0 Å². The van der Waals surface area contributed by atoms with Crippen LogP contribution in [0.2, 0.25) is 0 Å². The largest absolute Gasteiger partial charge is 0.206 e. The van der Waals surface area contributed by atoms with Gasteiger partial charge in [-0.3, -0.25) is 0 Å². The summed E-state index contributed by atoms with van der Waals surface area (Å²) in [5.74, 6) is 1.36. The topological polar surface area (TPSA) is 0 Å². The van der Waals surface area contributed by atoms with E-state index in [1.54, 1.807) is 6.07 Å². The van der Waals surface area contributed by atoms with Crippen molar-refractivity contribution in [1.82, 2.24) is 0 Å². The highest BCUT2D eigenvalue weighted by atomic mass is 19.1. The van der Waals surface area contributed by atoms with Gasteiger partial charge in [0, 0.05) is 5.56 Å². The van der Waals surface area contributed by atoms with Crippen LogP contribution < -0.4 is 0 Å². The van der Waals surface area contributed by atoms with E-state index in [-0.39, 0.29) is 5.82 Å². The van der Waals surface area contributed by atoms with Crippen molar-refractivity contribution in [3.8, 4) is 11.1 Å². The van der Waals surface area contributed by atoms with Crippen molar-refractivity contribution >= 4 is 0 Å². The third-order valence-electron chi connectivity index (χ3n) is 6.63. The third kappa shape index (κ3) is 6.29. The molecule has 29 heavy (non-hydrogen) atoms. The summed E-state index contributed by atoms with van der Waals surface area (Å²) in [6.07, 6.45) is 16.9. The van der Waals surface area contributed by atoms with E-state index in [9.17, 15) is 4.39 Å². The summed E-state index contributed by atoms with van der Waals surface area (Å²) in [5.41, 5.74) is 4.20. The molecular formula is C28H37F. The normalized spacial score (nSPS) is 19.7. The van der Waals surface area contributed by atoms with Crippen LogP contribution in [0.1, 0.15) is 88.7 Å². The van der Waals surface area contributed by atoms with Gasteiger partial charge in [-0.25, -0.2) is 4.39 Å². The molecule has 0 radical (unpaired) electrons. The van der Waals surface area contributed by atoms with E-state index in [4.69, 9.17) is 0 Å². The molecule has 0 bridgehead atoms. The summed E-state index contributed by atoms with van der Waals surface area (Å²) < 4.78 is 14.9. The minimum atomic E-state index is -0.0748. The van der Waals surface area contributed by atoms with Crippen molar-refractivity contribution in [3.05, 3.63) is 71.6 Å².